The van der Waals surface area contributed by atoms with E-state index in [0.29, 0.717) is 11.8 Å². The number of hydrogen-bond acceptors (Lipinski definition) is 2. The average Bonchev–Trinajstić information content (AvgIpc) is 3.25. The van der Waals surface area contributed by atoms with Gasteiger partial charge in [0.2, 0.25) is 5.91 Å². The summed E-state index contributed by atoms with van der Waals surface area (Å²) in [4.78, 5) is 14.8. The average molecular weight is 294 g/mol. The number of amides is 1. The minimum atomic E-state index is -0.0423. The zero-order valence-electron chi connectivity index (χ0n) is 12.8. The molecule has 0 aliphatic carbocycles. The number of likely N-dealkylation sites (tertiary alicyclic amines) is 1. The van der Waals surface area contributed by atoms with Crippen molar-refractivity contribution >= 4 is 16.7 Å². The van der Waals surface area contributed by atoms with Gasteiger partial charge < -0.3 is 10.2 Å². The summed E-state index contributed by atoms with van der Waals surface area (Å²) in [6.07, 6.45) is 3.35. The lowest BCUT2D eigenvalue weighted by Crippen LogP contribution is -2.44. The lowest BCUT2D eigenvalue weighted by molar-refractivity contribution is -0.132. The zero-order chi connectivity index (χ0) is 14.9. The molecular formula is C19H22N2O. The van der Waals surface area contributed by atoms with E-state index in [1.807, 2.05) is 4.90 Å². The Hall–Kier alpha value is -1.87. The normalized spacial score (nSPS) is 25.0. The van der Waals surface area contributed by atoms with Crippen LogP contribution in [-0.2, 0) is 4.79 Å². The Balaban J connectivity index is 1.62. The highest BCUT2D eigenvalue weighted by Gasteiger charge is 2.36. The Labute approximate surface area is 131 Å². The van der Waals surface area contributed by atoms with Crippen molar-refractivity contribution in [2.75, 3.05) is 19.6 Å². The van der Waals surface area contributed by atoms with Crippen LogP contribution in [0.25, 0.3) is 10.8 Å². The summed E-state index contributed by atoms with van der Waals surface area (Å²) in [5.74, 6) is 0.603. The van der Waals surface area contributed by atoms with E-state index in [2.05, 4.69) is 47.8 Å². The van der Waals surface area contributed by atoms with Crippen LogP contribution >= 0.6 is 0 Å². The Kier molecular flexibility index (Phi) is 3.59. The predicted octanol–water partition coefficient (Wildman–Crippen LogP) is 2.91. The molecule has 2 aliphatic rings. The van der Waals surface area contributed by atoms with E-state index >= 15 is 0 Å². The fourth-order valence-electron chi connectivity index (χ4n) is 3.89. The molecule has 0 saturated carbocycles. The van der Waals surface area contributed by atoms with Crippen molar-refractivity contribution in [1.29, 1.82) is 0 Å². The molecule has 4 rings (SSSR count). The van der Waals surface area contributed by atoms with Gasteiger partial charge in [0.25, 0.3) is 0 Å². The number of benzene rings is 2. The van der Waals surface area contributed by atoms with E-state index in [4.69, 9.17) is 0 Å². The van der Waals surface area contributed by atoms with Gasteiger partial charge >= 0.3 is 0 Å². The van der Waals surface area contributed by atoms with Crippen LogP contribution in [0.15, 0.2) is 42.5 Å². The van der Waals surface area contributed by atoms with Gasteiger partial charge in [-0.15, -0.1) is 0 Å². The summed E-state index contributed by atoms with van der Waals surface area (Å²) in [5.41, 5.74) is 1.29. The number of rotatable bonds is 2. The largest absolute Gasteiger partial charge is 0.341 e. The highest BCUT2D eigenvalue weighted by atomic mass is 16.2. The molecule has 0 aromatic heterocycles. The first-order valence-corrected chi connectivity index (χ1v) is 8.34. The van der Waals surface area contributed by atoms with Crippen LogP contribution in [-0.4, -0.2) is 36.5 Å². The quantitative estimate of drug-likeness (QED) is 0.923. The topological polar surface area (TPSA) is 32.3 Å². The zero-order valence-corrected chi connectivity index (χ0v) is 12.8. The van der Waals surface area contributed by atoms with E-state index in [1.165, 1.54) is 16.3 Å². The molecule has 2 aliphatic heterocycles. The molecule has 2 saturated heterocycles. The Morgan fingerprint density at radius 3 is 2.64 bits per heavy atom. The molecule has 2 aromatic rings. The van der Waals surface area contributed by atoms with Gasteiger partial charge in [-0.2, -0.15) is 0 Å². The number of hydrogen-bond donors (Lipinski definition) is 1. The van der Waals surface area contributed by atoms with Crippen LogP contribution in [0.1, 0.15) is 30.7 Å². The van der Waals surface area contributed by atoms with Crippen LogP contribution in [0.5, 0.6) is 0 Å². The van der Waals surface area contributed by atoms with E-state index in [0.717, 1.165) is 38.9 Å². The third kappa shape index (κ3) is 2.40. The minimum Gasteiger partial charge on any atom is -0.341 e. The van der Waals surface area contributed by atoms with E-state index in [-0.39, 0.29) is 6.04 Å². The van der Waals surface area contributed by atoms with Crippen molar-refractivity contribution in [2.45, 2.75) is 31.2 Å². The van der Waals surface area contributed by atoms with Crippen LogP contribution in [0.2, 0.25) is 0 Å². The van der Waals surface area contributed by atoms with Gasteiger partial charge in [-0.3, -0.25) is 4.79 Å². The molecule has 2 atom stereocenters. The van der Waals surface area contributed by atoms with Gasteiger partial charge in [-0.1, -0.05) is 42.5 Å². The van der Waals surface area contributed by atoms with Gasteiger partial charge in [-0.05, 0) is 42.1 Å². The monoisotopic (exact) mass is 294 g/mol. The van der Waals surface area contributed by atoms with Gasteiger partial charge in [0.05, 0.1) is 6.04 Å². The van der Waals surface area contributed by atoms with Crippen LogP contribution in [0.3, 0.4) is 0 Å². The molecule has 3 nitrogen and oxygen atoms in total. The smallest absolute Gasteiger partial charge is 0.240 e. The maximum Gasteiger partial charge on any atom is 0.240 e. The first kappa shape index (κ1) is 13.8. The van der Waals surface area contributed by atoms with Crippen molar-refractivity contribution in [3.05, 3.63) is 48.0 Å². The summed E-state index contributed by atoms with van der Waals surface area (Å²) >= 11 is 0. The predicted molar refractivity (Wildman–Crippen MR) is 88.9 cm³/mol. The molecule has 2 aromatic carbocycles. The lowest BCUT2D eigenvalue weighted by Gasteiger charge is -2.25. The van der Waals surface area contributed by atoms with Crippen LogP contribution in [0.4, 0.5) is 0 Å². The molecule has 114 valence electrons. The number of fused-ring (bicyclic) bond motifs is 1. The molecular weight excluding hydrogens is 272 g/mol. The Bertz CT molecular complexity index is 691. The molecule has 2 fully saturated rings. The second-order valence-corrected chi connectivity index (χ2v) is 6.47. The summed E-state index contributed by atoms with van der Waals surface area (Å²) in [6, 6.07) is 15.0. The molecule has 0 unspecified atom stereocenters. The van der Waals surface area contributed by atoms with Gasteiger partial charge in [0.1, 0.15) is 0 Å². The maximum absolute atomic E-state index is 12.8. The van der Waals surface area contributed by atoms with Crippen molar-refractivity contribution in [1.82, 2.24) is 10.2 Å². The summed E-state index contributed by atoms with van der Waals surface area (Å²) in [6.45, 7) is 2.80. The summed E-state index contributed by atoms with van der Waals surface area (Å²) < 4.78 is 0. The minimum absolute atomic E-state index is 0.0423. The number of nitrogens with zero attached hydrogens (tertiary/aromatic N) is 1. The lowest BCUT2D eigenvalue weighted by atomic mass is 9.89. The molecule has 2 heterocycles. The fourth-order valence-corrected chi connectivity index (χ4v) is 3.89. The molecule has 0 spiro atoms. The van der Waals surface area contributed by atoms with Gasteiger partial charge in [-0.25, -0.2) is 0 Å². The van der Waals surface area contributed by atoms with Crippen LogP contribution in [0, 0.1) is 0 Å². The van der Waals surface area contributed by atoms with Crippen molar-refractivity contribution in [3.63, 3.8) is 0 Å². The van der Waals surface area contributed by atoms with Crippen molar-refractivity contribution in [2.24, 2.45) is 0 Å². The third-order valence-electron chi connectivity index (χ3n) is 5.11. The van der Waals surface area contributed by atoms with Crippen LogP contribution < -0.4 is 5.32 Å². The molecule has 22 heavy (non-hydrogen) atoms. The first-order chi connectivity index (χ1) is 10.8. The fraction of sp³-hybridized carbons (Fsp3) is 0.421. The van der Waals surface area contributed by atoms with Crippen molar-refractivity contribution in [3.8, 4) is 0 Å². The Morgan fingerprint density at radius 1 is 1.05 bits per heavy atom. The number of nitrogens with one attached hydrogen (secondary N) is 1. The highest BCUT2D eigenvalue weighted by Crippen LogP contribution is 2.31. The Morgan fingerprint density at radius 2 is 1.82 bits per heavy atom. The summed E-state index contributed by atoms with van der Waals surface area (Å²) in [7, 11) is 0. The molecule has 3 heteroatoms. The standard InChI is InChI=1S/C19H22N2O/c22-19(21-11-3-4-12-21)18-17(9-10-20-18)16-8-7-14-5-1-2-6-15(14)13-16/h1-2,5-8,13,17-18,20H,3-4,9-12H2/t17-,18-/m0/s1. The van der Waals surface area contributed by atoms with E-state index in [9.17, 15) is 4.79 Å². The van der Waals surface area contributed by atoms with Crippen molar-refractivity contribution < 1.29 is 4.79 Å². The molecule has 1 amide bonds. The van der Waals surface area contributed by atoms with Gasteiger partial charge in [0, 0.05) is 19.0 Å². The first-order valence-electron chi connectivity index (χ1n) is 8.34. The highest BCUT2D eigenvalue weighted by molar-refractivity contribution is 5.85. The molecule has 0 bridgehead atoms. The maximum atomic E-state index is 12.8. The second kappa shape index (κ2) is 5.73. The van der Waals surface area contributed by atoms with E-state index < -0.39 is 0 Å². The van der Waals surface area contributed by atoms with Gasteiger partial charge in [0.15, 0.2) is 0 Å². The number of carbonyl (C=O) groups is 1. The number of carbonyl (C=O) groups excluding carboxylic acids is 1. The molecule has 1 N–H and O–H groups in total. The SMILES string of the molecule is O=C([C@H]1NCC[C@H]1c1ccc2ccccc2c1)N1CCCC1. The third-order valence-corrected chi connectivity index (χ3v) is 5.11. The second-order valence-electron chi connectivity index (χ2n) is 6.47. The molecule has 0 radical (unpaired) electrons. The summed E-state index contributed by atoms with van der Waals surface area (Å²) in [5, 5.41) is 5.97. The van der Waals surface area contributed by atoms with E-state index in [1.54, 1.807) is 0 Å².